The molecule has 25 nitrogen and oxygen atoms in total. The highest BCUT2D eigenvalue weighted by Gasteiger charge is 2.37. The first-order valence-electron chi connectivity index (χ1n) is 45.0. The number of carbonyl (C=O) groups excluding carboxylic acids is 1. The molecule has 2 aromatic heterocycles. The third-order valence-corrected chi connectivity index (χ3v) is 26.2. The topological polar surface area (TPSA) is 222 Å². The number of methoxy groups -OCH3 is 3. The monoisotopic (exact) mass is 1720 g/mol. The molecule has 11 heterocycles. The zero-order valence-corrected chi connectivity index (χ0v) is 73.2. The molecule has 0 radical (unpaired) electrons. The third kappa shape index (κ3) is 22.6. The summed E-state index contributed by atoms with van der Waals surface area (Å²) >= 11 is 1.68. The van der Waals surface area contributed by atoms with Crippen LogP contribution in [0, 0.1) is 0 Å². The third-order valence-electron chi connectivity index (χ3n) is 25.3. The molecule has 662 valence electrons. The van der Waals surface area contributed by atoms with Gasteiger partial charge in [0.05, 0.1) is 101 Å². The molecule has 8 aromatic carbocycles. The Morgan fingerprint density at radius 1 is 0.464 bits per heavy atom. The summed E-state index contributed by atoms with van der Waals surface area (Å²) in [7, 11) is 5.25. The fourth-order valence-electron chi connectivity index (χ4n) is 18.4. The summed E-state index contributed by atoms with van der Waals surface area (Å²) in [5.41, 5.74) is 13.7. The Kier molecular flexibility index (Phi) is 30.1. The Bertz CT molecular complexity index is 4970. The van der Waals surface area contributed by atoms with Crippen LogP contribution in [0.2, 0.25) is 0 Å². The van der Waals surface area contributed by atoms with Crippen LogP contribution in [-0.4, -0.2) is 230 Å². The molecule has 6 fully saturated rings. The molecule has 6 saturated heterocycles. The van der Waals surface area contributed by atoms with Crippen LogP contribution in [0.25, 0.3) is 11.1 Å². The molecule has 19 rings (SSSR count). The number of aromatic nitrogens is 2. The summed E-state index contributed by atoms with van der Waals surface area (Å²) in [6, 6.07) is 63.4. The molecular formula is C99H121N11O14S. The van der Waals surface area contributed by atoms with Crippen molar-refractivity contribution in [2.75, 3.05) is 203 Å². The Balaban J connectivity index is 0.000000133. The number of rotatable bonds is 32. The number of piperidine rings is 3. The van der Waals surface area contributed by atoms with Gasteiger partial charge < -0.3 is 107 Å². The van der Waals surface area contributed by atoms with E-state index in [0.717, 1.165) is 244 Å². The molecule has 26 heteroatoms. The average molecular weight is 1720 g/mol. The van der Waals surface area contributed by atoms with Crippen LogP contribution in [0.5, 0.6) is 34.5 Å². The average Bonchev–Trinajstić information content (AvgIpc) is 1.77. The zero-order chi connectivity index (χ0) is 84.9. The van der Waals surface area contributed by atoms with Gasteiger partial charge in [0, 0.05) is 129 Å². The van der Waals surface area contributed by atoms with E-state index in [9.17, 15) is 4.79 Å². The molecule has 9 aliphatic rings. The van der Waals surface area contributed by atoms with Crippen molar-refractivity contribution in [3.8, 4) is 34.5 Å². The first kappa shape index (κ1) is 86.9. The smallest absolute Gasteiger partial charge is 0.415 e. The maximum absolute atomic E-state index is 12.9. The molecule has 125 heavy (non-hydrogen) atoms. The maximum atomic E-state index is 12.9. The van der Waals surface area contributed by atoms with Crippen LogP contribution in [0.15, 0.2) is 198 Å². The summed E-state index contributed by atoms with van der Waals surface area (Å²) in [5.74, 6) is 6.57. The number of oxazole rings is 1. The lowest BCUT2D eigenvalue weighted by atomic mass is 9.87. The van der Waals surface area contributed by atoms with E-state index < -0.39 is 0 Å². The molecule has 0 bridgehead atoms. The number of ether oxygens (including phenoxy) is 12. The van der Waals surface area contributed by atoms with Crippen LogP contribution in [0.3, 0.4) is 0 Å². The summed E-state index contributed by atoms with van der Waals surface area (Å²) in [4.78, 5) is 35.2. The SMILES string of the molecule is COCCCN1CCOc2ccc(CO[C@H]3CNCC[C@@H]3c3ccc(OC(=O)N4CCC(c5ccccc5)C4)cc3)cc21.COCCCN1CCOc2ccc(CO[C@H]3CNCC[C@@H]3c3ccc(OC4CN(c5nc6ccccc6o5)C4)cc3)cc21.COCCCN1CCOc2ccc(CO[C@H]3CNCC[C@@H]3c3ccc(OC4CN(c5nccs5)C4)cc3)cc21. The van der Waals surface area contributed by atoms with Gasteiger partial charge in [-0.3, -0.25) is 0 Å². The fourth-order valence-corrected chi connectivity index (χ4v) is 19.1. The Hall–Kier alpha value is -10.2. The van der Waals surface area contributed by atoms with Gasteiger partial charge >= 0.3 is 6.09 Å². The van der Waals surface area contributed by atoms with Crippen molar-refractivity contribution in [2.45, 2.75) is 119 Å². The quantitative estimate of drug-likeness (QED) is 0.0333. The van der Waals surface area contributed by atoms with Gasteiger partial charge in [-0.2, -0.15) is 4.98 Å². The number of hydrogen-bond acceptors (Lipinski definition) is 25. The molecule has 3 N–H and O–H groups in total. The van der Waals surface area contributed by atoms with E-state index in [1.165, 1.54) is 33.4 Å². The number of para-hydroxylation sites is 2. The number of likely N-dealkylation sites (tertiary alicyclic amines) is 1. The summed E-state index contributed by atoms with van der Waals surface area (Å²) in [6.45, 7) is 21.8. The fraction of sp³-hybridized carbons (Fsp3) is 0.465. The highest BCUT2D eigenvalue weighted by Crippen LogP contribution is 2.41. The minimum absolute atomic E-state index is 0.0479. The van der Waals surface area contributed by atoms with Crippen LogP contribution in [-0.2, 0) is 48.2 Å². The number of benzene rings is 8. The molecule has 1 amide bonds. The van der Waals surface area contributed by atoms with Gasteiger partial charge in [0.2, 0.25) is 0 Å². The van der Waals surface area contributed by atoms with Crippen molar-refractivity contribution in [3.63, 3.8) is 0 Å². The highest BCUT2D eigenvalue weighted by molar-refractivity contribution is 7.13. The minimum Gasteiger partial charge on any atom is -0.490 e. The number of fused-ring (bicyclic) bond motifs is 4. The van der Waals surface area contributed by atoms with Crippen LogP contribution >= 0.6 is 11.3 Å². The number of nitrogens with one attached hydrogen (secondary N) is 3. The first-order valence-corrected chi connectivity index (χ1v) is 45.9. The molecule has 0 saturated carbocycles. The number of nitrogens with zero attached hydrogens (tertiary/aromatic N) is 8. The number of amides is 1. The van der Waals surface area contributed by atoms with Gasteiger partial charge in [-0.25, -0.2) is 9.78 Å². The van der Waals surface area contributed by atoms with E-state index >= 15 is 0 Å². The zero-order valence-electron chi connectivity index (χ0n) is 72.4. The number of carbonyl (C=O) groups is 1. The molecular weight excluding hydrogens is 1600 g/mol. The van der Waals surface area contributed by atoms with Crippen molar-refractivity contribution >= 4 is 56.7 Å². The van der Waals surface area contributed by atoms with Crippen molar-refractivity contribution < 1.29 is 66.1 Å². The van der Waals surface area contributed by atoms with Gasteiger partial charge in [-0.1, -0.05) is 97.1 Å². The van der Waals surface area contributed by atoms with Gasteiger partial charge in [0.25, 0.3) is 6.01 Å². The van der Waals surface area contributed by atoms with Crippen molar-refractivity contribution in [1.82, 2.24) is 30.8 Å². The lowest BCUT2D eigenvalue weighted by Crippen LogP contribution is -2.54. The lowest BCUT2D eigenvalue weighted by Gasteiger charge is -2.38. The van der Waals surface area contributed by atoms with E-state index in [1.54, 1.807) is 32.7 Å². The molecule has 1 unspecified atom stereocenters. The largest absolute Gasteiger partial charge is 0.490 e. The Morgan fingerprint density at radius 3 is 1.34 bits per heavy atom. The normalized spacial score (nSPS) is 21.2. The second kappa shape index (κ2) is 43.3. The van der Waals surface area contributed by atoms with Gasteiger partial charge in [-0.05, 0) is 188 Å². The first-order chi connectivity index (χ1) is 61.7. The van der Waals surface area contributed by atoms with E-state index in [4.69, 9.17) is 61.3 Å². The predicted octanol–water partition coefficient (Wildman–Crippen LogP) is 14.9. The molecule has 0 aliphatic carbocycles. The Labute approximate surface area is 738 Å². The minimum atomic E-state index is -0.276. The second-order valence-electron chi connectivity index (χ2n) is 33.8. The second-order valence-corrected chi connectivity index (χ2v) is 34.7. The van der Waals surface area contributed by atoms with Crippen LogP contribution < -0.4 is 68.9 Å². The van der Waals surface area contributed by atoms with E-state index in [0.29, 0.717) is 75.6 Å². The summed E-state index contributed by atoms with van der Waals surface area (Å²) in [5, 5.41) is 13.6. The highest BCUT2D eigenvalue weighted by atomic mass is 32.1. The predicted molar refractivity (Wildman–Crippen MR) is 488 cm³/mol. The van der Waals surface area contributed by atoms with Crippen molar-refractivity contribution in [1.29, 1.82) is 0 Å². The van der Waals surface area contributed by atoms with Gasteiger partial charge in [-0.15, -0.1) is 11.3 Å². The number of thiazole rings is 1. The van der Waals surface area contributed by atoms with E-state index in [1.807, 2.05) is 58.9 Å². The van der Waals surface area contributed by atoms with Crippen LogP contribution in [0.1, 0.15) is 108 Å². The van der Waals surface area contributed by atoms with Gasteiger partial charge in [0.15, 0.2) is 10.7 Å². The van der Waals surface area contributed by atoms with E-state index in [2.05, 4.69) is 190 Å². The van der Waals surface area contributed by atoms with Crippen LogP contribution in [0.4, 0.5) is 33.0 Å². The Morgan fingerprint density at radius 2 is 0.904 bits per heavy atom. The number of hydrogen-bond donors (Lipinski definition) is 3. The molecule has 10 aromatic rings. The van der Waals surface area contributed by atoms with E-state index in [-0.39, 0.29) is 42.5 Å². The molecule has 7 atom stereocenters. The maximum Gasteiger partial charge on any atom is 0.415 e. The van der Waals surface area contributed by atoms with Gasteiger partial charge in [0.1, 0.15) is 72.0 Å². The number of anilines is 5. The molecule has 9 aliphatic heterocycles. The van der Waals surface area contributed by atoms with Crippen molar-refractivity contribution in [2.24, 2.45) is 0 Å². The standard InChI is InChI=1S/C35H43N3O5.C34H40N4O5.C30H38N4O4S/c1-40-20-5-17-37-19-21-41-33-13-8-26(22-32(33)37)25-42-34-23-36-16-14-31(34)28-9-11-30(12-10-28)43-35(39)38-18-15-29(24-38)27-6-3-2-4-7-27;1-39-17-4-15-37-16-18-40-32-12-7-24(19-30(32)37)23-41-33-20-35-14-13-28(33)25-8-10-26(11-9-25)42-27-21-38(22-27)34-36-29-5-2-3-6-31(29)43-34;1-35-14-2-12-33-13-15-36-28-8-3-22(17-27(28)33)21-37-29-18-31-10-9-26(29)23-4-6-24(7-5-23)38-25-19-34(20-25)30-32-11-16-39-30/h2-4,6-13,22,29,31,34,36H,5,14-21,23-25H2,1H3;2-3,5-12,19,27-28,33,35H,4,13-18,20-23H2,1H3;3-8,11,16-17,25-26,29,31H,2,9-10,12-15,18-21H2,1H3/t29?,31-,34+;28-,33+;26-,29+/m111/s1. The van der Waals surface area contributed by atoms with Crippen molar-refractivity contribution in [3.05, 3.63) is 233 Å². The summed E-state index contributed by atoms with van der Waals surface area (Å²) < 4.78 is 77.3. The lowest BCUT2D eigenvalue weighted by molar-refractivity contribution is 0.0105. The molecule has 0 spiro atoms. The summed E-state index contributed by atoms with van der Waals surface area (Å²) in [6.07, 6.45) is 9.20.